The molecule has 3 N–H and O–H groups in total. The molecule has 2 aromatic heterocycles. The second-order valence-corrected chi connectivity index (χ2v) is 8.12. The molecule has 1 saturated heterocycles. The van der Waals surface area contributed by atoms with Gasteiger partial charge in [-0.1, -0.05) is 23.4 Å². The predicted molar refractivity (Wildman–Crippen MR) is 122 cm³/mol. The molecule has 3 aromatic rings. The van der Waals surface area contributed by atoms with Gasteiger partial charge in [-0.05, 0) is 38.8 Å². The lowest BCUT2D eigenvalue weighted by atomic mass is 10.0. The van der Waals surface area contributed by atoms with E-state index in [0.29, 0.717) is 25.3 Å². The van der Waals surface area contributed by atoms with E-state index < -0.39 is 0 Å². The Morgan fingerprint density at radius 2 is 2.00 bits per heavy atom. The van der Waals surface area contributed by atoms with Crippen LogP contribution in [0.25, 0.3) is 16.9 Å². The van der Waals surface area contributed by atoms with E-state index in [9.17, 15) is 9.59 Å². The van der Waals surface area contributed by atoms with Crippen molar-refractivity contribution in [1.82, 2.24) is 25.2 Å². The molecule has 0 atom stereocenters. The normalized spacial score (nSPS) is 14.8. The summed E-state index contributed by atoms with van der Waals surface area (Å²) < 4.78 is 11.8. The minimum absolute atomic E-state index is 0.0112. The molecule has 1 amide bonds. The van der Waals surface area contributed by atoms with Crippen molar-refractivity contribution < 1.29 is 18.8 Å². The SMILES string of the molecule is Cc1nn(-c2ccccc2)c(C)c1-c1noc(N)c1C(=O)NC1CCN(CCOC=O)CC1. The van der Waals surface area contributed by atoms with Crippen LogP contribution >= 0.6 is 0 Å². The van der Waals surface area contributed by atoms with Crippen LogP contribution in [0.2, 0.25) is 0 Å². The molecular formula is C23H28N6O4. The van der Waals surface area contributed by atoms with Crippen LogP contribution in [-0.4, -0.2) is 64.5 Å². The van der Waals surface area contributed by atoms with Gasteiger partial charge in [0.15, 0.2) is 0 Å². The predicted octanol–water partition coefficient (Wildman–Crippen LogP) is 2.09. The number of hydrogen-bond acceptors (Lipinski definition) is 8. The lowest BCUT2D eigenvalue weighted by Crippen LogP contribution is -2.45. The van der Waals surface area contributed by atoms with Gasteiger partial charge >= 0.3 is 0 Å². The summed E-state index contributed by atoms with van der Waals surface area (Å²) in [6.07, 6.45) is 1.58. The molecule has 1 aliphatic rings. The Labute approximate surface area is 191 Å². The van der Waals surface area contributed by atoms with Crippen LogP contribution in [0.15, 0.2) is 34.9 Å². The zero-order valence-corrected chi connectivity index (χ0v) is 18.8. The molecule has 0 radical (unpaired) electrons. The molecule has 174 valence electrons. The van der Waals surface area contributed by atoms with Crippen LogP contribution in [0.1, 0.15) is 34.6 Å². The van der Waals surface area contributed by atoms with Crippen molar-refractivity contribution in [3.63, 3.8) is 0 Å². The smallest absolute Gasteiger partial charge is 0.293 e. The third kappa shape index (κ3) is 4.75. The monoisotopic (exact) mass is 452 g/mol. The van der Waals surface area contributed by atoms with Gasteiger partial charge in [0, 0.05) is 31.2 Å². The number of amides is 1. The molecule has 1 fully saturated rings. The van der Waals surface area contributed by atoms with E-state index in [1.54, 1.807) is 0 Å². The Bertz CT molecular complexity index is 1120. The number of anilines is 1. The van der Waals surface area contributed by atoms with E-state index >= 15 is 0 Å². The topological polar surface area (TPSA) is 129 Å². The number of aromatic nitrogens is 3. The summed E-state index contributed by atoms with van der Waals surface area (Å²) in [6.45, 7) is 6.93. The summed E-state index contributed by atoms with van der Waals surface area (Å²) in [5.74, 6) is -0.324. The number of ether oxygens (including phenoxy) is 1. The highest BCUT2D eigenvalue weighted by molar-refractivity contribution is 6.04. The van der Waals surface area contributed by atoms with Gasteiger partial charge in [0.2, 0.25) is 5.88 Å². The lowest BCUT2D eigenvalue weighted by Gasteiger charge is -2.31. The number of hydrogen-bond donors (Lipinski definition) is 2. The number of para-hydroxylation sites is 1. The Balaban J connectivity index is 1.51. The maximum Gasteiger partial charge on any atom is 0.293 e. The summed E-state index contributed by atoms with van der Waals surface area (Å²) in [6, 6.07) is 9.77. The first kappa shape index (κ1) is 22.5. The molecule has 0 saturated carbocycles. The van der Waals surface area contributed by atoms with Gasteiger partial charge in [-0.3, -0.25) is 14.5 Å². The highest BCUT2D eigenvalue weighted by atomic mass is 16.5. The number of aryl methyl sites for hydroxylation is 1. The average molecular weight is 453 g/mol. The minimum atomic E-state index is -0.308. The van der Waals surface area contributed by atoms with E-state index in [1.165, 1.54) is 0 Å². The number of carbonyl (C=O) groups is 2. The van der Waals surface area contributed by atoms with Gasteiger partial charge in [0.05, 0.1) is 17.1 Å². The Hall–Kier alpha value is -3.66. The van der Waals surface area contributed by atoms with Crippen molar-refractivity contribution >= 4 is 18.3 Å². The summed E-state index contributed by atoms with van der Waals surface area (Å²) in [5.41, 5.74) is 9.86. The maximum atomic E-state index is 13.2. The van der Waals surface area contributed by atoms with Crippen LogP contribution in [-0.2, 0) is 9.53 Å². The third-order valence-electron chi connectivity index (χ3n) is 5.99. The molecule has 0 unspecified atom stereocenters. The van der Waals surface area contributed by atoms with Crippen molar-refractivity contribution in [1.29, 1.82) is 0 Å². The number of likely N-dealkylation sites (tertiary alicyclic amines) is 1. The maximum absolute atomic E-state index is 13.2. The largest absolute Gasteiger partial charge is 0.467 e. The summed E-state index contributed by atoms with van der Waals surface area (Å²) in [7, 11) is 0. The molecular weight excluding hydrogens is 424 g/mol. The van der Waals surface area contributed by atoms with Gasteiger partial charge < -0.3 is 20.3 Å². The Morgan fingerprint density at radius 3 is 2.70 bits per heavy atom. The fourth-order valence-corrected chi connectivity index (χ4v) is 4.29. The first-order valence-electron chi connectivity index (χ1n) is 10.9. The number of piperidine rings is 1. The lowest BCUT2D eigenvalue weighted by molar-refractivity contribution is -0.129. The standard InChI is InChI=1S/C23H28N6O4/c1-15-19(16(2)29(26-15)18-6-4-3-5-7-18)21-20(22(24)33-27-21)23(31)25-17-8-10-28(11-9-17)12-13-32-14-30/h3-7,14,17H,8-13,24H2,1-2H3,(H,25,31). The fraction of sp³-hybridized carbons (Fsp3) is 0.391. The average Bonchev–Trinajstić information content (AvgIpc) is 3.34. The first-order chi connectivity index (χ1) is 16.0. The van der Waals surface area contributed by atoms with Gasteiger partial charge in [-0.2, -0.15) is 5.10 Å². The number of rotatable bonds is 8. The van der Waals surface area contributed by atoms with Gasteiger partial charge in [0.25, 0.3) is 12.4 Å². The zero-order chi connectivity index (χ0) is 23.4. The third-order valence-corrected chi connectivity index (χ3v) is 5.99. The van der Waals surface area contributed by atoms with Crippen LogP contribution in [0.5, 0.6) is 0 Å². The highest BCUT2D eigenvalue weighted by Gasteiger charge is 2.29. The van der Waals surface area contributed by atoms with Crippen LogP contribution < -0.4 is 11.1 Å². The summed E-state index contributed by atoms with van der Waals surface area (Å²) in [4.78, 5) is 25.7. The fourth-order valence-electron chi connectivity index (χ4n) is 4.29. The molecule has 10 heteroatoms. The van der Waals surface area contributed by atoms with Crippen molar-refractivity contribution in [2.24, 2.45) is 0 Å². The van der Waals surface area contributed by atoms with Crippen LogP contribution in [0, 0.1) is 13.8 Å². The molecule has 0 spiro atoms. The number of nitrogens with zero attached hydrogens (tertiary/aromatic N) is 4. The van der Waals surface area contributed by atoms with Gasteiger partial charge in [-0.25, -0.2) is 4.68 Å². The van der Waals surface area contributed by atoms with Gasteiger partial charge in [-0.15, -0.1) is 0 Å². The van der Waals surface area contributed by atoms with Crippen molar-refractivity contribution in [2.75, 3.05) is 32.0 Å². The summed E-state index contributed by atoms with van der Waals surface area (Å²) in [5, 5.41) is 11.8. The molecule has 10 nitrogen and oxygen atoms in total. The number of nitrogens with one attached hydrogen (secondary N) is 1. The molecule has 3 heterocycles. The number of nitrogens with two attached hydrogens (primary N) is 1. The van der Waals surface area contributed by atoms with E-state index in [4.69, 9.17) is 15.0 Å². The van der Waals surface area contributed by atoms with Gasteiger partial charge in [0.1, 0.15) is 17.9 Å². The van der Waals surface area contributed by atoms with Crippen molar-refractivity contribution in [2.45, 2.75) is 32.7 Å². The summed E-state index contributed by atoms with van der Waals surface area (Å²) >= 11 is 0. The van der Waals surface area contributed by atoms with E-state index in [1.807, 2.05) is 48.9 Å². The molecule has 1 aromatic carbocycles. The van der Waals surface area contributed by atoms with Crippen molar-refractivity contribution in [3.8, 4) is 16.9 Å². The van der Waals surface area contributed by atoms with E-state index in [-0.39, 0.29) is 23.4 Å². The second-order valence-electron chi connectivity index (χ2n) is 8.12. The Kier molecular flexibility index (Phi) is 6.74. The van der Waals surface area contributed by atoms with Crippen LogP contribution in [0.3, 0.4) is 0 Å². The second kappa shape index (κ2) is 9.86. The molecule has 1 aliphatic heterocycles. The number of nitrogen functional groups attached to an aromatic ring is 1. The zero-order valence-electron chi connectivity index (χ0n) is 18.8. The Morgan fingerprint density at radius 1 is 1.27 bits per heavy atom. The van der Waals surface area contributed by atoms with E-state index in [2.05, 4.69) is 20.5 Å². The van der Waals surface area contributed by atoms with Crippen LogP contribution in [0.4, 0.5) is 5.88 Å². The number of benzene rings is 1. The van der Waals surface area contributed by atoms with Crippen molar-refractivity contribution in [3.05, 3.63) is 47.3 Å². The number of carbonyl (C=O) groups excluding carboxylic acids is 2. The quantitative estimate of drug-likeness (QED) is 0.393. The molecule has 33 heavy (non-hydrogen) atoms. The molecule has 0 bridgehead atoms. The minimum Gasteiger partial charge on any atom is -0.467 e. The first-order valence-corrected chi connectivity index (χ1v) is 10.9. The highest BCUT2D eigenvalue weighted by Crippen LogP contribution is 2.33. The molecule has 0 aliphatic carbocycles. The molecule has 4 rings (SSSR count). The van der Waals surface area contributed by atoms with E-state index in [0.717, 1.165) is 48.6 Å².